The molecule has 1 amide bonds. The Kier molecular flexibility index (Phi) is 9.05. The molecule has 3 rings (SSSR count). The predicted molar refractivity (Wildman–Crippen MR) is 132 cm³/mol. The van der Waals surface area contributed by atoms with Crippen molar-refractivity contribution in [2.45, 2.75) is 6.10 Å². The maximum atomic E-state index is 12.6. The van der Waals surface area contributed by atoms with Crippen molar-refractivity contribution in [1.82, 2.24) is 5.32 Å². The minimum absolute atomic E-state index is 0.0480. The maximum Gasteiger partial charge on any atom is 0.331 e. The molecule has 34 heavy (non-hydrogen) atoms. The highest BCUT2D eigenvalue weighted by Gasteiger charge is 2.23. The number of benzene rings is 3. The Hall–Kier alpha value is -4.32. The SMILES string of the molecule is COc1cccc(C(CNC(=O)C=Cc2ccccc2)OC(=O)C=Cc2ccccc2)c1OC. The van der Waals surface area contributed by atoms with Crippen LogP contribution in [0.5, 0.6) is 11.5 Å². The van der Waals surface area contributed by atoms with Crippen molar-refractivity contribution >= 4 is 24.0 Å². The Morgan fingerprint density at radius 3 is 2.00 bits per heavy atom. The fraction of sp³-hybridized carbons (Fsp3) is 0.143. The van der Waals surface area contributed by atoms with Gasteiger partial charge in [0.05, 0.1) is 20.8 Å². The Balaban J connectivity index is 1.76. The first-order valence-electron chi connectivity index (χ1n) is 10.8. The smallest absolute Gasteiger partial charge is 0.331 e. The number of hydrogen-bond acceptors (Lipinski definition) is 5. The number of esters is 1. The van der Waals surface area contributed by atoms with Gasteiger partial charge >= 0.3 is 5.97 Å². The van der Waals surface area contributed by atoms with Crippen molar-refractivity contribution in [2.24, 2.45) is 0 Å². The second-order valence-electron chi connectivity index (χ2n) is 7.24. The third kappa shape index (κ3) is 7.10. The van der Waals surface area contributed by atoms with Gasteiger partial charge in [0.2, 0.25) is 5.91 Å². The van der Waals surface area contributed by atoms with Crippen LogP contribution in [0.3, 0.4) is 0 Å². The van der Waals surface area contributed by atoms with Gasteiger partial charge in [-0.25, -0.2) is 4.79 Å². The molecule has 0 aliphatic carbocycles. The molecule has 0 aromatic heterocycles. The van der Waals surface area contributed by atoms with E-state index in [-0.39, 0.29) is 12.5 Å². The van der Waals surface area contributed by atoms with E-state index in [9.17, 15) is 9.59 Å². The minimum atomic E-state index is -0.799. The molecule has 0 fully saturated rings. The predicted octanol–water partition coefficient (Wildman–Crippen LogP) is 4.83. The van der Waals surface area contributed by atoms with E-state index in [0.29, 0.717) is 17.1 Å². The van der Waals surface area contributed by atoms with Gasteiger partial charge in [-0.05, 0) is 29.3 Å². The van der Waals surface area contributed by atoms with Crippen LogP contribution >= 0.6 is 0 Å². The molecule has 0 heterocycles. The van der Waals surface area contributed by atoms with Crippen molar-refractivity contribution in [1.29, 1.82) is 0 Å². The maximum absolute atomic E-state index is 12.6. The van der Waals surface area contributed by atoms with E-state index in [1.165, 1.54) is 26.4 Å². The lowest BCUT2D eigenvalue weighted by atomic mass is 10.1. The van der Waals surface area contributed by atoms with Crippen LogP contribution in [0.1, 0.15) is 22.8 Å². The summed E-state index contributed by atoms with van der Waals surface area (Å²) in [6, 6.07) is 24.2. The standard InChI is InChI=1S/C28H27NO5/c1-32-24-15-9-14-23(28(24)33-2)25(34-27(31)19-17-22-12-7-4-8-13-22)20-29-26(30)18-16-21-10-5-3-6-11-21/h3-19,25H,20H2,1-2H3,(H,29,30). The van der Waals surface area contributed by atoms with Gasteiger partial charge in [-0.3, -0.25) is 4.79 Å². The molecule has 0 saturated carbocycles. The number of nitrogens with one attached hydrogen (secondary N) is 1. The van der Waals surface area contributed by atoms with Gasteiger partial charge < -0.3 is 19.5 Å². The van der Waals surface area contributed by atoms with Crippen LogP contribution in [0.4, 0.5) is 0 Å². The number of rotatable bonds is 10. The van der Waals surface area contributed by atoms with E-state index in [1.54, 1.807) is 30.4 Å². The van der Waals surface area contributed by atoms with Crippen molar-refractivity contribution in [3.05, 3.63) is 108 Å². The van der Waals surface area contributed by atoms with Crippen LogP contribution in [0, 0.1) is 0 Å². The lowest BCUT2D eigenvalue weighted by Gasteiger charge is -2.21. The molecule has 6 nitrogen and oxygen atoms in total. The van der Waals surface area contributed by atoms with Crippen LogP contribution in [0.2, 0.25) is 0 Å². The van der Waals surface area contributed by atoms with Crippen molar-refractivity contribution in [3.8, 4) is 11.5 Å². The van der Waals surface area contributed by atoms with Crippen LogP contribution in [0.15, 0.2) is 91.0 Å². The topological polar surface area (TPSA) is 73.9 Å². The first-order valence-corrected chi connectivity index (χ1v) is 10.8. The zero-order valence-corrected chi connectivity index (χ0v) is 19.1. The number of carbonyl (C=O) groups excluding carboxylic acids is 2. The van der Waals surface area contributed by atoms with Gasteiger partial charge in [-0.15, -0.1) is 0 Å². The fourth-order valence-electron chi connectivity index (χ4n) is 3.28. The third-order valence-corrected chi connectivity index (χ3v) is 4.94. The van der Waals surface area contributed by atoms with E-state index >= 15 is 0 Å². The zero-order valence-electron chi connectivity index (χ0n) is 19.1. The fourth-order valence-corrected chi connectivity index (χ4v) is 3.28. The molecule has 6 heteroatoms. The number of amides is 1. The number of para-hydroxylation sites is 1. The first-order chi connectivity index (χ1) is 16.6. The average Bonchev–Trinajstić information content (AvgIpc) is 2.89. The summed E-state index contributed by atoms with van der Waals surface area (Å²) in [7, 11) is 3.04. The van der Waals surface area contributed by atoms with E-state index < -0.39 is 12.1 Å². The number of hydrogen-bond donors (Lipinski definition) is 1. The molecule has 0 saturated heterocycles. The normalized spacial score (nSPS) is 11.8. The highest BCUT2D eigenvalue weighted by Crippen LogP contribution is 2.36. The second kappa shape index (κ2) is 12.6. The quantitative estimate of drug-likeness (QED) is 0.349. The molecule has 0 bridgehead atoms. The number of carbonyl (C=O) groups is 2. The molecule has 174 valence electrons. The van der Waals surface area contributed by atoms with Gasteiger partial charge in [0.25, 0.3) is 0 Å². The van der Waals surface area contributed by atoms with Gasteiger partial charge in [0, 0.05) is 17.7 Å². The molecular formula is C28H27NO5. The Labute approximate surface area is 199 Å². The molecule has 3 aromatic carbocycles. The Morgan fingerprint density at radius 2 is 1.41 bits per heavy atom. The summed E-state index contributed by atoms with van der Waals surface area (Å²) >= 11 is 0. The Bertz CT molecular complexity index is 1140. The number of methoxy groups -OCH3 is 2. The monoisotopic (exact) mass is 457 g/mol. The summed E-state index contributed by atoms with van der Waals surface area (Å²) in [4.78, 5) is 25.0. The molecule has 1 N–H and O–H groups in total. The third-order valence-electron chi connectivity index (χ3n) is 4.94. The molecule has 0 spiro atoms. The largest absolute Gasteiger partial charge is 0.493 e. The molecular weight excluding hydrogens is 430 g/mol. The lowest BCUT2D eigenvalue weighted by molar-refractivity contribution is -0.143. The first kappa shape index (κ1) is 24.3. The molecule has 0 aliphatic heterocycles. The summed E-state index contributed by atoms with van der Waals surface area (Å²) < 4.78 is 16.6. The minimum Gasteiger partial charge on any atom is -0.493 e. The van der Waals surface area contributed by atoms with E-state index in [1.807, 2.05) is 60.7 Å². The molecule has 3 aromatic rings. The van der Waals surface area contributed by atoms with Crippen molar-refractivity contribution in [2.75, 3.05) is 20.8 Å². The van der Waals surface area contributed by atoms with Crippen LogP contribution in [0.25, 0.3) is 12.2 Å². The van der Waals surface area contributed by atoms with Gasteiger partial charge in [0.15, 0.2) is 11.5 Å². The molecule has 0 aliphatic rings. The molecule has 1 unspecified atom stereocenters. The summed E-state index contributed by atoms with van der Waals surface area (Å²) in [5.74, 6) is 0.0690. The Morgan fingerprint density at radius 1 is 0.794 bits per heavy atom. The lowest BCUT2D eigenvalue weighted by Crippen LogP contribution is -2.29. The van der Waals surface area contributed by atoms with Crippen LogP contribution < -0.4 is 14.8 Å². The van der Waals surface area contributed by atoms with Gasteiger partial charge in [0.1, 0.15) is 6.10 Å². The summed E-state index contributed by atoms with van der Waals surface area (Å²) in [6.45, 7) is 0.0480. The molecule has 1 atom stereocenters. The summed E-state index contributed by atoms with van der Waals surface area (Å²) in [5, 5.41) is 2.80. The van der Waals surface area contributed by atoms with E-state index in [0.717, 1.165) is 11.1 Å². The highest BCUT2D eigenvalue weighted by molar-refractivity contribution is 5.91. The summed E-state index contributed by atoms with van der Waals surface area (Å²) in [5.41, 5.74) is 2.35. The zero-order chi connectivity index (χ0) is 24.2. The summed E-state index contributed by atoms with van der Waals surface area (Å²) in [6.07, 6.45) is 5.37. The highest BCUT2D eigenvalue weighted by atomic mass is 16.5. The van der Waals surface area contributed by atoms with E-state index in [2.05, 4.69) is 5.32 Å². The van der Waals surface area contributed by atoms with Crippen LogP contribution in [-0.2, 0) is 14.3 Å². The van der Waals surface area contributed by atoms with Gasteiger partial charge in [-0.2, -0.15) is 0 Å². The van der Waals surface area contributed by atoms with Crippen LogP contribution in [-0.4, -0.2) is 32.6 Å². The average molecular weight is 458 g/mol. The van der Waals surface area contributed by atoms with Crippen molar-refractivity contribution < 1.29 is 23.8 Å². The van der Waals surface area contributed by atoms with E-state index in [4.69, 9.17) is 14.2 Å². The van der Waals surface area contributed by atoms with Crippen molar-refractivity contribution in [3.63, 3.8) is 0 Å². The number of ether oxygens (including phenoxy) is 3. The second-order valence-corrected chi connectivity index (χ2v) is 7.24. The van der Waals surface area contributed by atoms with Gasteiger partial charge in [-0.1, -0.05) is 72.8 Å². The molecule has 0 radical (unpaired) electrons.